The van der Waals surface area contributed by atoms with Gasteiger partial charge in [0, 0.05) is 50.7 Å². The predicted octanol–water partition coefficient (Wildman–Crippen LogP) is 0.406. The second-order valence-electron chi connectivity index (χ2n) is 7.47. The first-order valence-corrected chi connectivity index (χ1v) is 9.86. The molecule has 3 aliphatic heterocycles. The normalized spacial score (nSPS) is 20.8. The number of cyclic esters (lactones) is 1. The van der Waals surface area contributed by atoms with E-state index in [1.54, 1.807) is 17.0 Å². The lowest BCUT2D eigenvalue weighted by molar-refractivity contribution is -0.153. The lowest BCUT2D eigenvalue weighted by Crippen LogP contribution is -2.52. The van der Waals surface area contributed by atoms with Crippen molar-refractivity contribution in [3.05, 3.63) is 17.7 Å². The molecular formula is C20H23N3O7. The number of ether oxygens (including phenoxy) is 3. The highest BCUT2D eigenvalue weighted by atomic mass is 16.7. The summed E-state index contributed by atoms with van der Waals surface area (Å²) in [7, 11) is 0. The number of fused-ring (bicyclic) bond motifs is 1. The highest BCUT2D eigenvalue weighted by Crippen LogP contribution is 2.37. The van der Waals surface area contributed by atoms with Crippen LogP contribution in [0.15, 0.2) is 12.1 Å². The lowest BCUT2D eigenvalue weighted by Gasteiger charge is -2.35. The molecule has 10 heteroatoms. The Hall–Kier alpha value is -3.14. The number of carbonyl (C=O) groups excluding carboxylic acids is 4. The smallest absolute Gasteiger partial charge is 0.306 e. The van der Waals surface area contributed by atoms with Gasteiger partial charge in [0.05, 0.1) is 12.2 Å². The molecule has 0 saturated carbocycles. The third kappa shape index (κ3) is 4.23. The molecule has 3 heterocycles. The number of Topliss-reactive ketones (excluding diaryl/α,β-unsaturated/α-hetero) is 1. The predicted molar refractivity (Wildman–Crippen MR) is 103 cm³/mol. The molecule has 160 valence electrons. The van der Waals surface area contributed by atoms with Gasteiger partial charge in [-0.15, -0.1) is 0 Å². The molecule has 3 aliphatic rings. The van der Waals surface area contributed by atoms with E-state index in [2.05, 4.69) is 5.32 Å². The Labute approximate surface area is 173 Å². The minimum Gasteiger partial charge on any atom is -0.454 e. The van der Waals surface area contributed by atoms with Crippen LogP contribution in [0, 0.1) is 0 Å². The first kappa shape index (κ1) is 20.1. The van der Waals surface area contributed by atoms with Crippen LogP contribution in [-0.2, 0) is 19.1 Å². The van der Waals surface area contributed by atoms with Gasteiger partial charge in [0.1, 0.15) is 0 Å². The molecule has 2 amide bonds. The van der Waals surface area contributed by atoms with Crippen LogP contribution in [0.3, 0.4) is 0 Å². The number of benzene rings is 1. The van der Waals surface area contributed by atoms with Gasteiger partial charge in [-0.3, -0.25) is 24.1 Å². The first-order chi connectivity index (χ1) is 14.4. The molecule has 2 saturated heterocycles. The number of rotatable bonds is 5. The van der Waals surface area contributed by atoms with Crippen molar-refractivity contribution in [2.45, 2.75) is 25.9 Å². The number of anilines is 1. The Morgan fingerprint density at radius 2 is 1.80 bits per heavy atom. The SMILES string of the molecule is CC(=O)c1cc2c(cc1NC(=O)CN1CCN(C(=O)[C@H]3CCC(=O)O3)CC1)OCO2. The Morgan fingerprint density at radius 1 is 1.10 bits per heavy atom. The van der Waals surface area contributed by atoms with E-state index in [4.69, 9.17) is 14.2 Å². The number of amides is 2. The highest BCUT2D eigenvalue weighted by molar-refractivity contribution is 6.05. The fourth-order valence-corrected chi connectivity index (χ4v) is 3.76. The van der Waals surface area contributed by atoms with Crippen molar-refractivity contribution in [3.63, 3.8) is 0 Å². The van der Waals surface area contributed by atoms with Crippen LogP contribution in [0.4, 0.5) is 5.69 Å². The third-order valence-electron chi connectivity index (χ3n) is 5.38. The summed E-state index contributed by atoms with van der Waals surface area (Å²) in [5.74, 6) is -0.000286. The topological polar surface area (TPSA) is 114 Å². The van der Waals surface area contributed by atoms with Crippen molar-refractivity contribution in [2.24, 2.45) is 0 Å². The summed E-state index contributed by atoms with van der Waals surface area (Å²) in [6.07, 6.45) is 0.0239. The van der Waals surface area contributed by atoms with E-state index in [0.717, 1.165) is 0 Å². The Kier molecular flexibility index (Phi) is 5.58. The average molecular weight is 417 g/mol. The molecule has 1 aromatic rings. The summed E-state index contributed by atoms with van der Waals surface area (Å²) in [5.41, 5.74) is 0.739. The van der Waals surface area contributed by atoms with Crippen LogP contribution in [0.25, 0.3) is 0 Å². The van der Waals surface area contributed by atoms with Crippen LogP contribution in [0.5, 0.6) is 11.5 Å². The summed E-state index contributed by atoms with van der Waals surface area (Å²) in [6, 6.07) is 3.16. The largest absolute Gasteiger partial charge is 0.454 e. The van der Waals surface area contributed by atoms with E-state index < -0.39 is 6.10 Å². The number of carbonyl (C=O) groups is 4. The standard InChI is InChI=1S/C20H23N3O7/c1-12(24)13-8-16-17(29-11-28-16)9-14(13)21-18(25)10-22-4-6-23(7-5-22)20(27)15-2-3-19(26)30-15/h8-9,15H,2-7,10-11H2,1H3,(H,21,25)/t15-/m1/s1. The maximum absolute atomic E-state index is 12.5. The van der Waals surface area contributed by atoms with E-state index >= 15 is 0 Å². The molecule has 0 aromatic heterocycles. The average Bonchev–Trinajstić information content (AvgIpc) is 3.35. The summed E-state index contributed by atoms with van der Waals surface area (Å²) < 4.78 is 15.7. The minimum atomic E-state index is -0.677. The van der Waals surface area contributed by atoms with Crippen LogP contribution in [-0.4, -0.2) is 79.0 Å². The molecular weight excluding hydrogens is 394 g/mol. The quantitative estimate of drug-likeness (QED) is 0.541. The Morgan fingerprint density at radius 3 is 2.43 bits per heavy atom. The molecule has 2 fully saturated rings. The van der Waals surface area contributed by atoms with Crippen LogP contribution >= 0.6 is 0 Å². The maximum atomic E-state index is 12.5. The van der Waals surface area contributed by atoms with E-state index in [1.165, 1.54) is 6.92 Å². The van der Waals surface area contributed by atoms with Gasteiger partial charge < -0.3 is 24.4 Å². The van der Waals surface area contributed by atoms with E-state index in [0.29, 0.717) is 55.3 Å². The molecule has 4 rings (SSSR count). The van der Waals surface area contributed by atoms with Gasteiger partial charge in [-0.05, 0) is 13.0 Å². The molecule has 0 radical (unpaired) electrons. The number of ketones is 1. The van der Waals surface area contributed by atoms with Gasteiger partial charge in [-0.25, -0.2) is 0 Å². The number of nitrogens with one attached hydrogen (secondary N) is 1. The number of hydrogen-bond acceptors (Lipinski definition) is 8. The van der Waals surface area contributed by atoms with Crippen molar-refractivity contribution in [3.8, 4) is 11.5 Å². The van der Waals surface area contributed by atoms with Crippen molar-refractivity contribution < 1.29 is 33.4 Å². The van der Waals surface area contributed by atoms with Crippen molar-refractivity contribution >= 4 is 29.3 Å². The number of nitrogens with zero attached hydrogens (tertiary/aromatic N) is 2. The van der Waals surface area contributed by atoms with E-state index in [-0.39, 0.29) is 43.3 Å². The monoisotopic (exact) mass is 417 g/mol. The van der Waals surface area contributed by atoms with Crippen molar-refractivity contribution in [1.82, 2.24) is 9.80 Å². The molecule has 0 aliphatic carbocycles. The molecule has 30 heavy (non-hydrogen) atoms. The molecule has 0 spiro atoms. The zero-order chi connectivity index (χ0) is 21.3. The van der Waals surface area contributed by atoms with E-state index in [1.807, 2.05) is 4.90 Å². The van der Waals surface area contributed by atoms with Gasteiger partial charge in [0.25, 0.3) is 5.91 Å². The zero-order valence-corrected chi connectivity index (χ0v) is 16.6. The minimum absolute atomic E-state index is 0.0765. The summed E-state index contributed by atoms with van der Waals surface area (Å²) >= 11 is 0. The first-order valence-electron chi connectivity index (χ1n) is 9.86. The summed E-state index contributed by atoms with van der Waals surface area (Å²) in [4.78, 5) is 51.7. The lowest BCUT2D eigenvalue weighted by atomic mass is 10.1. The van der Waals surface area contributed by atoms with Gasteiger partial charge in [0.15, 0.2) is 23.4 Å². The molecule has 1 atom stereocenters. The summed E-state index contributed by atoms with van der Waals surface area (Å²) in [5, 5.41) is 2.78. The van der Waals surface area contributed by atoms with Crippen molar-refractivity contribution in [2.75, 3.05) is 44.8 Å². The fraction of sp³-hybridized carbons (Fsp3) is 0.500. The van der Waals surface area contributed by atoms with Gasteiger partial charge in [0.2, 0.25) is 12.7 Å². The second-order valence-corrected chi connectivity index (χ2v) is 7.47. The number of piperazine rings is 1. The fourth-order valence-electron chi connectivity index (χ4n) is 3.76. The zero-order valence-electron chi connectivity index (χ0n) is 16.6. The third-order valence-corrected chi connectivity index (χ3v) is 5.38. The van der Waals surface area contributed by atoms with Gasteiger partial charge in [-0.2, -0.15) is 0 Å². The number of hydrogen-bond donors (Lipinski definition) is 1. The van der Waals surface area contributed by atoms with Crippen LogP contribution in [0.1, 0.15) is 30.1 Å². The molecule has 10 nitrogen and oxygen atoms in total. The molecule has 1 aromatic carbocycles. The maximum Gasteiger partial charge on any atom is 0.306 e. The van der Waals surface area contributed by atoms with Gasteiger partial charge >= 0.3 is 5.97 Å². The Balaban J connectivity index is 1.31. The van der Waals surface area contributed by atoms with E-state index in [9.17, 15) is 19.2 Å². The van der Waals surface area contributed by atoms with Crippen LogP contribution in [0.2, 0.25) is 0 Å². The molecule has 1 N–H and O–H groups in total. The highest BCUT2D eigenvalue weighted by Gasteiger charge is 2.34. The van der Waals surface area contributed by atoms with Crippen molar-refractivity contribution in [1.29, 1.82) is 0 Å². The summed E-state index contributed by atoms with van der Waals surface area (Å²) in [6.45, 7) is 3.61. The van der Waals surface area contributed by atoms with Gasteiger partial charge in [-0.1, -0.05) is 0 Å². The molecule has 0 unspecified atom stereocenters. The number of esters is 1. The Bertz CT molecular complexity index is 893. The van der Waals surface area contributed by atoms with Crippen LogP contribution < -0.4 is 14.8 Å². The molecule has 0 bridgehead atoms. The second kappa shape index (κ2) is 8.31.